The summed E-state index contributed by atoms with van der Waals surface area (Å²) in [5, 5.41) is 0. The van der Waals surface area contributed by atoms with Gasteiger partial charge in [-0.05, 0) is 0 Å². The first-order valence-corrected chi connectivity index (χ1v) is 20.0. The number of aromatic amines is 1. The van der Waals surface area contributed by atoms with Gasteiger partial charge in [-0.1, -0.05) is 0 Å². The van der Waals surface area contributed by atoms with Crippen molar-refractivity contribution in [1.82, 2.24) is 4.98 Å². The molecule has 0 saturated heterocycles. The molecule has 1 aliphatic carbocycles. The quantitative estimate of drug-likeness (QED) is 0.702. The van der Waals surface area contributed by atoms with Crippen molar-refractivity contribution in [3.05, 3.63) is 38.3 Å². The van der Waals surface area contributed by atoms with E-state index in [4.69, 9.17) is 0 Å². The van der Waals surface area contributed by atoms with Crippen molar-refractivity contribution in [3.63, 3.8) is 0 Å². The average Bonchev–Trinajstić information content (AvgIpc) is 2.82. The van der Waals surface area contributed by atoms with E-state index in [1.54, 1.807) is 8.85 Å². The van der Waals surface area contributed by atoms with Crippen LogP contribution in [0.1, 0.15) is 34.6 Å². The minimum absolute atomic E-state index is 0.170. The molecule has 0 amide bonds. The van der Waals surface area contributed by atoms with Crippen molar-refractivity contribution in [2.45, 2.75) is 53.1 Å². The summed E-state index contributed by atoms with van der Waals surface area (Å²) in [7, 11) is 0. The van der Waals surface area contributed by atoms with Gasteiger partial charge >= 0.3 is 123 Å². The van der Waals surface area contributed by atoms with Crippen molar-refractivity contribution in [2.24, 2.45) is 5.41 Å². The second-order valence-corrected chi connectivity index (χ2v) is 37.8. The zero-order valence-corrected chi connectivity index (χ0v) is 17.2. The van der Waals surface area contributed by atoms with E-state index in [1.165, 1.54) is 14.5 Å². The normalized spacial score (nSPS) is 23.1. The van der Waals surface area contributed by atoms with Crippen LogP contribution in [0, 0.1) is 5.41 Å². The van der Waals surface area contributed by atoms with Gasteiger partial charge in [-0.25, -0.2) is 0 Å². The van der Waals surface area contributed by atoms with Crippen LogP contribution >= 0.6 is 0 Å². The summed E-state index contributed by atoms with van der Waals surface area (Å²) in [6, 6.07) is 4.45. The summed E-state index contributed by atoms with van der Waals surface area (Å²) in [5.74, 6) is 0. The van der Waals surface area contributed by atoms with Crippen LogP contribution in [-0.4, -0.2) is 4.98 Å². The first kappa shape index (κ1) is 16.0. The van der Waals surface area contributed by atoms with Gasteiger partial charge in [0.15, 0.2) is 0 Å². The molecule has 2 heteroatoms. The van der Waals surface area contributed by atoms with Crippen LogP contribution in [0.3, 0.4) is 0 Å². The summed E-state index contributed by atoms with van der Waals surface area (Å²) in [5.41, 5.74) is 4.75. The van der Waals surface area contributed by atoms with Gasteiger partial charge < -0.3 is 0 Å². The molecule has 0 atom stereocenters. The topological polar surface area (TPSA) is 15.8 Å². The van der Waals surface area contributed by atoms with E-state index >= 15 is 0 Å². The molecule has 20 heavy (non-hydrogen) atoms. The third-order valence-corrected chi connectivity index (χ3v) is 20.7. The predicted octanol–water partition coefficient (Wildman–Crippen LogP) is 5.71. The summed E-state index contributed by atoms with van der Waals surface area (Å²) in [6.07, 6.45) is 2.08. The molecule has 1 N–H and O–H groups in total. The Balaban J connectivity index is 2.87. The van der Waals surface area contributed by atoms with E-state index in [2.05, 4.69) is 76.5 Å². The Hall–Kier alpha value is -0.357. The Morgan fingerprint density at radius 1 is 0.950 bits per heavy atom. The molecular formula is C18H31NZr. The Kier molecular flexibility index (Phi) is 2.96. The van der Waals surface area contributed by atoms with E-state index in [9.17, 15) is 0 Å². The van der Waals surface area contributed by atoms with E-state index in [0.29, 0.717) is 0 Å². The van der Waals surface area contributed by atoms with Crippen LogP contribution in [-0.2, 0) is 17.3 Å². The predicted molar refractivity (Wildman–Crippen MR) is 88.7 cm³/mol. The van der Waals surface area contributed by atoms with Crippen molar-refractivity contribution in [2.75, 3.05) is 0 Å². The van der Waals surface area contributed by atoms with Crippen molar-refractivity contribution < 1.29 is 17.3 Å². The zero-order valence-electron chi connectivity index (χ0n) is 14.7. The summed E-state index contributed by atoms with van der Waals surface area (Å²) in [6.45, 7) is 11.8. The maximum atomic E-state index is 3.56. The van der Waals surface area contributed by atoms with Crippen LogP contribution in [0.5, 0.6) is 0 Å². The average molecular weight is 353 g/mol. The Bertz CT molecular complexity index is 630. The van der Waals surface area contributed by atoms with E-state index in [-0.39, 0.29) is 5.41 Å². The maximum absolute atomic E-state index is 3.70. The molecule has 1 heterocycles. The van der Waals surface area contributed by atoms with E-state index in [1.807, 2.05) is 0 Å². The molecule has 1 aromatic rings. The molecule has 0 aliphatic heterocycles. The molecule has 0 saturated carbocycles. The van der Waals surface area contributed by atoms with Gasteiger partial charge in [0.1, 0.15) is 0 Å². The van der Waals surface area contributed by atoms with Gasteiger partial charge in [0, 0.05) is 0 Å². The fourth-order valence-electron chi connectivity index (χ4n) is 5.01. The third-order valence-electron chi connectivity index (χ3n) is 6.00. The first-order chi connectivity index (χ1) is 8.73. The van der Waals surface area contributed by atoms with Gasteiger partial charge in [-0.2, -0.15) is 0 Å². The second-order valence-electron chi connectivity index (χ2n) is 10.1. The Morgan fingerprint density at radius 3 is 1.85 bits per heavy atom. The second kappa shape index (κ2) is 3.69. The number of rotatable bonds is 2. The molecule has 0 fully saturated rings. The molecule has 0 unspecified atom stereocenters. The SMILES string of the molecule is CC1=C(C)C(C)(C)[C]([Zr]([CH3])([CH3])([CH3])([CH3])[c]2ccc[nH]2)=C1C. The van der Waals surface area contributed by atoms with Crippen LogP contribution in [0.2, 0.25) is 18.5 Å². The molecule has 0 spiro atoms. The Morgan fingerprint density at radius 2 is 1.50 bits per heavy atom. The van der Waals surface area contributed by atoms with Gasteiger partial charge in [-0.15, -0.1) is 0 Å². The number of hydrogen-bond donors (Lipinski definition) is 1. The van der Waals surface area contributed by atoms with E-state index < -0.39 is 17.3 Å². The van der Waals surface area contributed by atoms with Gasteiger partial charge in [0.2, 0.25) is 0 Å². The third kappa shape index (κ3) is 1.91. The summed E-state index contributed by atoms with van der Waals surface area (Å²) >= 11 is -3.70. The number of H-pyrrole nitrogens is 1. The van der Waals surface area contributed by atoms with Crippen molar-refractivity contribution >= 4 is 3.40 Å². The molecular weight excluding hydrogens is 321 g/mol. The first-order valence-electron chi connectivity index (χ1n) is 7.74. The zero-order chi connectivity index (χ0) is 15.6. The molecule has 0 bridgehead atoms. The fourth-order valence-corrected chi connectivity index (χ4v) is 21.5. The monoisotopic (exact) mass is 351 g/mol. The van der Waals surface area contributed by atoms with Crippen LogP contribution in [0.4, 0.5) is 0 Å². The summed E-state index contributed by atoms with van der Waals surface area (Å²) in [4.78, 5) is 3.56. The summed E-state index contributed by atoms with van der Waals surface area (Å²) < 4.78 is 13.5. The fraction of sp³-hybridized carbons (Fsp3) is 0.556. The van der Waals surface area contributed by atoms with Crippen molar-refractivity contribution in [1.29, 1.82) is 0 Å². The molecule has 1 aromatic heterocycles. The molecule has 1 aliphatic rings. The molecule has 112 valence electrons. The standard InChI is InChI=1S/C10H15.C4H4N.4CH3.Zr/c1-7-6-10(4,5)9(3)8(7)2;1-2-4-5-3-1;;;;;/h1-5H3;1-3,5H;4*1H3;. The van der Waals surface area contributed by atoms with Crippen LogP contribution < -0.4 is 3.40 Å². The molecule has 0 aromatic carbocycles. The minimum atomic E-state index is -3.70. The van der Waals surface area contributed by atoms with Crippen LogP contribution in [0.25, 0.3) is 0 Å². The van der Waals surface area contributed by atoms with Crippen molar-refractivity contribution in [3.8, 4) is 0 Å². The molecule has 2 rings (SSSR count). The van der Waals surface area contributed by atoms with Gasteiger partial charge in [0.25, 0.3) is 0 Å². The molecule has 1 nitrogen and oxygen atoms in total. The Labute approximate surface area is 122 Å². The number of nitrogens with one attached hydrogen (secondary N) is 1. The number of allylic oxidation sites excluding steroid dienone is 4. The molecule has 0 radical (unpaired) electrons. The number of aromatic nitrogens is 1. The van der Waals surface area contributed by atoms with E-state index in [0.717, 1.165) is 0 Å². The van der Waals surface area contributed by atoms with Gasteiger partial charge in [0.05, 0.1) is 0 Å². The number of hydrogen-bond acceptors (Lipinski definition) is 0. The van der Waals surface area contributed by atoms with Gasteiger partial charge in [-0.3, -0.25) is 0 Å². The van der Waals surface area contributed by atoms with Crippen LogP contribution in [0.15, 0.2) is 38.3 Å².